The first-order chi connectivity index (χ1) is 17.2. The summed E-state index contributed by atoms with van der Waals surface area (Å²) in [5.41, 5.74) is 6.30. The van der Waals surface area contributed by atoms with E-state index in [0.29, 0.717) is 12.1 Å². The summed E-state index contributed by atoms with van der Waals surface area (Å²) in [4.78, 5) is 30.2. The van der Waals surface area contributed by atoms with E-state index in [0.717, 1.165) is 12.3 Å². The molecule has 188 valence electrons. The van der Waals surface area contributed by atoms with Crippen LogP contribution in [0.5, 0.6) is 5.75 Å². The maximum Gasteiger partial charge on any atom is 0.340 e. The predicted octanol–water partition coefficient (Wildman–Crippen LogP) is 3.39. The number of hydrogen-bond acceptors (Lipinski definition) is 5. The third-order valence-electron chi connectivity index (χ3n) is 6.43. The Hall–Kier alpha value is -4.09. The number of hydrazone groups is 1. The van der Waals surface area contributed by atoms with Gasteiger partial charge in [0.15, 0.2) is 11.6 Å². The Morgan fingerprint density at radius 3 is 2.69 bits per heavy atom. The minimum absolute atomic E-state index is 0.00104. The van der Waals surface area contributed by atoms with Crippen molar-refractivity contribution in [1.29, 1.82) is 0 Å². The quantitative estimate of drug-likeness (QED) is 0.679. The molecule has 36 heavy (non-hydrogen) atoms. The lowest BCUT2D eigenvalue weighted by Gasteiger charge is -2.41. The van der Waals surface area contributed by atoms with Crippen molar-refractivity contribution < 1.29 is 27.5 Å². The molecule has 2 aliphatic heterocycles. The van der Waals surface area contributed by atoms with Crippen molar-refractivity contribution in [1.82, 2.24) is 19.5 Å². The number of aryl methyl sites for hydroxylation is 1. The highest BCUT2D eigenvalue weighted by atomic mass is 19.1. The van der Waals surface area contributed by atoms with Crippen LogP contribution in [0.15, 0.2) is 53.3 Å². The van der Waals surface area contributed by atoms with Gasteiger partial charge >= 0.3 is 6.03 Å². The Balaban J connectivity index is 1.24. The van der Waals surface area contributed by atoms with Crippen molar-refractivity contribution >= 4 is 18.2 Å². The highest BCUT2D eigenvalue weighted by molar-refractivity contribution is 5.92. The van der Waals surface area contributed by atoms with Gasteiger partial charge in [0.1, 0.15) is 29.3 Å². The Morgan fingerprint density at radius 1 is 1.19 bits per heavy atom. The number of ether oxygens (including phenoxy) is 1. The third-order valence-corrected chi connectivity index (χ3v) is 6.43. The normalized spacial score (nSPS) is 21.8. The van der Waals surface area contributed by atoms with E-state index in [4.69, 9.17) is 10.5 Å². The summed E-state index contributed by atoms with van der Waals surface area (Å²) in [7, 11) is 0. The highest BCUT2D eigenvalue weighted by Gasteiger charge is 2.41. The van der Waals surface area contributed by atoms with E-state index in [1.807, 2.05) is 0 Å². The number of nitrogens with zero attached hydrogens (tertiary/aromatic N) is 5. The number of nitrogens with two attached hydrogens (primary N) is 1. The molecule has 2 atom stereocenters. The SMILES string of the molecule is Cc1ccc(C(N)=O)n1-c1cc(OC2CN(C(=O)N3N=CC[C@H]3C3C=C(F)C=C(F)C3)C2)c(F)cn1. The average molecular weight is 500 g/mol. The van der Waals surface area contributed by atoms with Crippen LogP contribution >= 0.6 is 0 Å². The first-order valence-corrected chi connectivity index (χ1v) is 11.4. The van der Waals surface area contributed by atoms with Crippen LogP contribution in [-0.4, -0.2) is 62.8 Å². The molecule has 2 aromatic heterocycles. The first-order valence-electron chi connectivity index (χ1n) is 11.4. The fraction of sp³-hybridized carbons (Fsp3) is 0.333. The number of aromatic nitrogens is 2. The molecule has 9 nitrogen and oxygen atoms in total. The van der Waals surface area contributed by atoms with Gasteiger partial charge in [0.25, 0.3) is 5.91 Å². The van der Waals surface area contributed by atoms with Crippen LogP contribution < -0.4 is 10.5 Å². The number of likely N-dealkylation sites (tertiary alicyclic amines) is 1. The highest BCUT2D eigenvalue weighted by Crippen LogP contribution is 2.33. The average Bonchev–Trinajstić information content (AvgIpc) is 3.43. The van der Waals surface area contributed by atoms with Gasteiger partial charge in [-0.2, -0.15) is 5.10 Å². The molecule has 2 aromatic rings. The van der Waals surface area contributed by atoms with Gasteiger partial charge in [-0.1, -0.05) is 0 Å². The van der Waals surface area contributed by atoms with Gasteiger partial charge in [-0.25, -0.2) is 28.0 Å². The molecule has 3 aliphatic rings. The molecule has 0 bridgehead atoms. The summed E-state index contributed by atoms with van der Waals surface area (Å²) < 4.78 is 49.2. The molecule has 0 spiro atoms. The zero-order valence-corrected chi connectivity index (χ0v) is 19.3. The van der Waals surface area contributed by atoms with Gasteiger partial charge in [-0.15, -0.1) is 0 Å². The Kier molecular flexibility index (Phi) is 6.02. The molecule has 5 rings (SSSR count). The molecule has 0 radical (unpaired) electrons. The van der Waals surface area contributed by atoms with Crippen LogP contribution in [0.3, 0.4) is 0 Å². The lowest BCUT2D eigenvalue weighted by atomic mass is 9.90. The minimum Gasteiger partial charge on any atom is -0.483 e. The Morgan fingerprint density at radius 2 is 1.97 bits per heavy atom. The summed E-state index contributed by atoms with van der Waals surface area (Å²) in [5.74, 6) is -2.94. The third kappa shape index (κ3) is 4.34. The van der Waals surface area contributed by atoms with Crippen molar-refractivity contribution in [2.24, 2.45) is 16.8 Å². The van der Waals surface area contributed by atoms with Crippen LogP contribution in [0.4, 0.5) is 18.0 Å². The molecular weight excluding hydrogens is 477 g/mol. The number of halogens is 3. The number of hydrogen-bond donors (Lipinski definition) is 1. The maximum atomic E-state index is 14.4. The number of pyridine rings is 1. The summed E-state index contributed by atoms with van der Waals surface area (Å²) >= 11 is 0. The van der Waals surface area contributed by atoms with E-state index in [1.165, 1.54) is 26.6 Å². The fourth-order valence-electron chi connectivity index (χ4n) is 4.62. The van der Waals surface area contributed by atoms with Gasteiger partial charge < -0.3 is 15.4 Å². The van der Waals surface area contributed by atoms with Crippen LogP contribution in [0.1, 0.15) is 29.0 Å². The van der Waals surface area contributed by atoms with Crippen LogP contribution in [0, 0.1) is 18.7 Å². The summed E-state index contributed by atoms with van der Waals surface area (Å²) in [5, 5.41) is 5.36. The monoisotopic (exact) mass is 500 g/mol. The maximum absolute atomic E-state index is 14.4. The standard InChI is InChI=1S/C24H23F3N6O3/c1-13-2-3-20(23(28)34)32(13)22-9-21(18(27)10-29-22)36-17-11-31(12-17)24(35)33-19(4-5-30-33)14-6-15(25)8-16(26)7-14/h2-3,5-6,8-10,14,17,19H,4,7,11-12H2,1H3,(H2,28,34)/t14?,19-/m0/s1. The first kappa shape index (κ1) is 23.6. The summed E-state index contributed by atoms with van der Waals surface area (Å²) in [6.07, 6.45) is 4.59. The second kappa shape index (κ2) is 9.17. The summed E-state index contributed by atoms with van der Waals surface area (Å²) in [6.45, 7) is 2.10. The van der Waals surface area contributed by atoms with Gasteiger partial charge in [-0.3, -0.25) is 9.36 Å². The molecule has 1 fully saturated rings. The lowest BCUT2D eigenvalue weighted by Crippen LogP contribution is -2.60. The van der Waals surface area contributed by atoms with E-state index in [9.17, 15) is 22.8 Å². The number of carbonyl (C=O) groups is 2. The molecule has 0 aromatic carbocycles. The van der Waals surface area contributed by atoms with E-state index in [2.05, 4.69) is 10.1 Å². The molecule has 1 saturated heterocycles. The largest absolute Gasteiger partial charge is 0.483 e. The molecule has 1 unspecified atom stereocenters. The number of urea groups is 1. The van der Waals surface area contributed by atoms with Crippen molar-refractivity contribution in [3.8, 4) is 11.6 Å². The number of amides is 3. The van der Waals surface area contributed by atoms with Crippen LogP contribution in [-0.2, 0) is 0 Å². The summed E-state index contributed by atoms with van der Waals surface area (Å²) in [6, 6.07) is 3.70. The molecule has 3 amide bonds. The number of carbonyl (C=O) groups excluding carboxylic acids is 2. The second-order valence-electron chi connectivity index (χ2n) is 8.92. The van der Waals surface area contributed by atoms with Gasteiger partial charge in [-0.05, 0) is 25.1 Å². The van der Waals surface area contributed by atoms with E-state index in [-0.39, 0.29) is 36.8 Å². The minimum atomic E-state index is -0.695. The predicted molar refractivity (Wildman–Crippen MR) is 123 cm³/mol. The van der Waals surface area contributed by atoms with Gasteiger partial charge in [0.05, 0.1) is 25.3 Å². The van der Waals surface area contributed by atoms with Crippen molar-refractivity contribution in [2.45, 2.75) is 31.9 Å². The molecular formula is C24H23F3N6O3. The van der Waals surface area contributed by atoms with E-state index >= 15 is 0 Å². The number of allylic oxidation sites excluding steroid dienone is 3. The van der Waals surface area contributed by atoms with Crippen LogP contribution in [0.2, 0.25) is 0 Å². The Labute approximate surface area is 204 Å². The van der Waals surface area contributed by atoms with E-state index < -0.39 is 47.5 Å². The topological polar surface area (TPSA) is 106 Å². The van der Waals surface area contributed by atoms with Gasteiger partial charge in [0.2, 0.25) is 0 Å². The lowest BCUT2D eigenvalue weighted by molar-refractivity contribution is 0.0234. The number of primary amides is 1. The molecule has 1 aliphatic carbocycles. The number of rotatable bonds is 5. The van der Waals surface area contributed by atoms with E-state index in [1.54, 1.807) is 25.3 Å². The van der Waals surface area contributed by atoms with Crippen molar-refractivity contribution in [3.63, 3.8) is 0 Å². The van der Waals surface area contributed by atoms with Crippen molar-refractivity contribution in [2.75, 3.05) is 13.1 Å². The smallest absolute Gasteiger partial charge is 0.340 e. The molecule has 2 N–H and O–H groups in total. The molecule has 4 heterocycles. The zero-order chi connectivity index (χ0) is 25.6. The molecule has 0 saturated carbocycles. The fourth-order valence-corrected chi connectivity index (χ4v) is 4.62. The molecule has 12 heteroatoms. The Bertz CT molecular complexity index is 1310. The second-order valence-corrected chi connectivity index (χ2v) is 8.92. The van der Waals surface area contributed by atoms with Crippen LogP contribution in [0.25, 0.3) is 5.82 Å². The van der Waals surface area contributed by atoms with Gasteiger partial charge in [0, 0.05) is 42.8 Å². The van der Waals surface area contributed by atoms with Crippen molar-refractivity contribution in [3.05, 3.63) is 65.4 Å². The zero-order valence-electron chi connectivity index (χ0n) is 19.3.